The first-order valence-corrected chi connectivity index (χ1v) is 0. The van der Waals surface area contributed by atoms with Gasteiger partial charge in [-0.15, -0.1) is 0 Å². The van der Waals surface area contributed by atoms with E-state index in [1.165, 1.54) is 0 Å². The fourth-order valence-electron chi connectivity index (χ4n) is 0. The van der Waals surface area contributed by atoms with Gasteiger partial charge in [-0.05, 0) is 0 Å². The maximum atomic E-state index is 0. The summed E-state index contributed by atoms with van der Waals surface area (Å²) >= 11 is 0. The van der Waals surface area contributed by atoms with Gasteiger partial charge in [-0.2, -0.15) is 0 Å². The van der Waals surface area contributed by atoms with E-state index in [0.29, 0.717) is 0 Å². The van der Waals surface area contributed by atoms with Gasteiger partial charge in [0.1, 0.15) is 0 Å². The van der Waals surface area contributed by atoms with Gasteiger partial charge in [-0.25, -0.2) is 0 Å². The summed E-state index contributed by atoms with van der Waals surface area (Å²) in [5.41, 5.74) is 0. The third-order valence-electron chi connectivity index (χ3n) is 0. The molecule has 0 N–H and O–H groups in total. The maximum absolute atomic E-state index is 0. The SMILES string of the molecule is [Al].[H-].[H-].[H-].[Li+].[Mg+2].[Mn].[Zn]. The minimum atomic E-state index is 0. The van der Waals surface area contributed by atoms with Gasteiger partial charge in [0.25, 0.3) is 0 Å². The molecule has 0 aliphatic rings. The predicted molar refractivity (Wildman–Crippen MR) is 14.8 cm³/mol. The minimum Gasteiger partial charge on any atom is -1.00 e. The van der Waals surface area contributed by atoms with Crippen molar-refractivity contribution in [2.24, 2.45) is 0 Å². The van der Waals surface area contributed by atoms with Crippen molar-refractivity contribution in [2.75, 3.05) is 0 Å². The molecule has 0 fully saturated rings. The molecular weight excluding hydrogens is 179 g/mol. The van der Waals surface area contributed by atoms with E-state index < -0.39 is 0 Å². The topological polar surface area (TPSA) is 0 Å². The van der Waals surface area contributed by atoms with E-state index in [4.69, 9.17) is 0 Å². The van der Waals surface area contributed by atoms with Gasteiger partial charge in [0.15, 0.2) is 0 Å². The molecule has 0 saturated carbocycles. The van der Waals surface area contributed by atoms with Crippen molar-refractivity contribution in [3.05, 3.63) is 0 Å². The summed E-state index contributed by atoms with van der Waals surface area (Å²) in [6, 6.07) is 0. The molecule has 0 amide bonds. The van der Waals surface area contributed by atoms with Crippen LogP contribution in [0.4, 0.5) is 0 Å². The van der Waals surface area contributed by atoms with E-state index in [2.05, 4.69) is 0 Å². The van der Waals surface area contributed by atoms with Crippen LogP contribution in [0.5, 0.6) is 0 Å². The summed E-state index contributed by atoms with van der Waals surface area (Å²) < 4.78 is 0. The van der Waals surface area contributed by atoms with Gasteiger partial charge in [0.05, 0.1) is 0 Å². The maximum Gasteiger partial charge on any atom is 2.00 e. The molecule has 0 unspecified atom stereocenters. The first-order chi connectivity index (χ1) is 0. The second-order valence-electron chi connectivity index (χ2n) is 0. The fraction of sp³-hybridized carbons (Fsp3) is 0. The predicted octanol–water partition coefficient (Wildman–Crippen LogP) is -3.43. The van der Waals surface area contributed by atoms with Crippen molar-refractivity contribution >= 4 is 40.4 Å². The van der Waals surface area contributed by atoms with Crippen molar-refractivity contribution in [1.29, 1.82) is 0 Å². The monoisotopic (exact) mass is 180 g/mol. The Bertz CT molecular complexity index is 19.2. The van der Waals surface area contributed by atoms with Crippen LogP contribution in [-0.2, 0) is 36.5 Å². The molecule has 0 aromatic heterocycles. The van der Waals surface area contributed by atoms with Crippen molar-refractivity contribution < 1.29 is 59.7 Å². The van der Waals surface area contributed by atoms with E-state index in [0.717, 1.165) is 0 Å². The Morgan fingerprint density at radius 1 is 1.20 bits per heavy atom. The Labute approximate surface area is 98.7 Å². The number of hydrogen-bond donors (Lipinski definition) is 0. The summed E-state index contributed by atoms with van der Waals surface area (Å²) in [6.45, 7) is 0. The average Bonchev–Trinajstić information content (AvgIpc) is 0. The smallest absolute Gasteiger partial charge is 1.00 e. The standard InChI is InChI=1S/Al.Li.Mg.Mn.Zn.3H/q;+1;+2;;;3*-1. The Hall–Kier alpha value is 3.04. The summed E-state index contributed by atoms with van der Waals surface area (Å²) in [5, 5.41) is 0. The van der Waals surface area contributed by atoms with Crippen LogP contribution in [-0.4, -0.2) is 40.4 Å². The van der Waals surface area contributed by atoms with Gasteiger partial charge in [0.2, 0.25) is 0 Å². The molecule has 0 bridgehead atoms. The summed E-state index contributed by atoms with van der Waals surface area (Å²) in [7, 11) is 0. The van der Waals surface area contributed by atoms with Crippen LogP contribution >= 0.6 is 0 Å². The molecule has 0 rings (SSSR count). The quantitative estimate of drug-likeness (QED) is 0.342. The molecule has 0 saturated heterocycles. The summed E-state index contributed by atoms with van der Waals surface area (Å²) in [5.74, 6) is 0. The molecule has 0 heterocycles. The van der Waals surface area contributed by atoms with Crippen molar-refractivity contribution in [3.8, 4) is 0 Å². The largest absolute Gasteiger partial charge is 2.00 e. The van der Waals surface area contributed by atoms with Crippen molar-refractivity contribution in [1.82, 2.24) is 0 Å². The zero-order valence-electron chi connectivity index (χ0n) is 6.37. The molecule has 4 radical (unpaired) electrons. The van der Waals surface area contributed by atoms with Gasteiger partial charge in [-0.3, -0.25) is 0 Å². The Kier molecular flexibility index (Phi) is 240. The Morgan fingerprint density at radius 3 is 1.20 bits per heavy atom. The zero-order valence-corrected chi connectivity index (χ0v) is 10.1. The fourth-order valence-corrected chi connectivity index (χ4v) is 0. The second kappa shape index (κ2) is 27.8. The van der Waals surface area contributed by atoms with Crippen LogP contribution in [0.1, 0.15) is 4.28 Å². The third-order valence-corrected chi connectivity index (χ3v) is 0. The summed E-state index contributed by atoms with van der Waals surface area (Å²) in [4.78, 5) is 0. The van der Waals surface area contributed by atoms with E-state index >= 15 is 0 Å². The summed E-state index contributed by atoms with van der Waals surface area (Å²) in [6.07, 6.45) is 0. The molecule has 0 aromatic carbocycles. The molecule has 0 aliphatic carbocycles. The second-order valence-corrected chi connectivity index (χ2v) is 0. The van der Waals surface area contributed by atoms with Crippen LogP contribution < -0.4 is 18.9 Å². The normalized spacial score (nSPS) is 0. The van der Waals surface area contributed by atoms with Crippen LogP contribution in [0.3, 0.4) is 0 Å². The Morgan fingerprint density at radius 2 is 1.20 bits per heavy atom. The van der Waals surface area contributed by atoms with Gasteiger partial charge in [-0.1, -0.05) is 0 Å². The molecule has 18 valence electrons. The van der Waals surface area contributed by atoms with Gasteiger partial charge >= 0.3 is 41.9 Å². The van der Waals surface area contributed by atoms with Crippen LogP contribution in [0.15, 0.2) is 0 Å². The third kappa shape index (κ3) is 19.4. The number of rotatable bonds is 0. The van der Waals surface area contributed by atoms with Crippen molar-refractivity contribution in [3.63, 3.8) is 0 Å². The molecule has 0 aromatic rings. The van der Waals surface area contributed by atoms with Crippen molar-refractivity contribution in [2.45, 2.75) is 0 Å². The first kappa shape index (κ1) is 43.1. The minimum absolute atomic E-state index is 0. The molecule has 0 aliphatic heterocycles. The molecule has 0 atom stereocenters. The van der Waals surface area contributed by atoms with Crippen LogP contribution in [0.25, 0.3) is 0 Å². The van der Waals surface area contributed by atoms with Gasteiger partial charge in [0, 0.05) is 53.9 Å². The van der Waals surface area contributed by atoms with Crippen LogP contribution in [0.2, 0.25) is 0 Å². The van der Waals surface area contributed by atoms with Crippen LogP contribution in [0, 0.1) is 0 Å². The van der Waals surface area contributed by atoms with E-state index in [-0.39, 0.29) is 100 Å². The zero-order chi connectivity index (χ0) is 0. The average molecular weight is 182 g/mol. The Balaban J connectivity index is 0. The van der Waals surface area contributed by atoms with E-state index in [1.54, 1.807) is 0 Å². The molecule has 0 nitrogen and oxygen atoms in total. The molecular formula is H3AlLiMgMnZn. The number of hydrogen-bond acceptors (Lipinski definition) is 0. The molecule has 5 heteroatoms. The van der Waals surface area contributed by atoms with E-state index in [1.807, 2.05) is 0 Å². The molecule has 0 spiro atoms. The molecule has 5 heavy (non-hydrogen) atoms. The first-order valence-electron chi connectivity index (χ1n) is 0. The van der Waals surface area contributed by atoms with Gasteiger partial charge < -0.3 is 4.28 Å². The van der Waals surface area contributed by atoms with E-state index in [9.17, 15) is 0 Å².